The van der Waals surface area contributed by atoms with E-state index in [1.54, 1.807) is 22.6 Å². The maximum Gasteiger partial charge on any atom is 0.307 e. The summed E-state index contributed by atoms with van der Waals surface area (Å²) >= 11 is 7.60. The minimum Gasteiger partial charge on any atom is -0.469 e. The van der Waals surface area contributed by atoms with E-state index in [2.05, 4.69) is 15.0 Å². The van der Waals surface area contributed by atoms with E-state index >= 15 is 0 Å². The second-order valence-corrected chi connectivity index (χ2v) is 7.15. The van der Waals surface area contributed by atoms with Crippen LogP contribution in [0.1, 0.15) is 32.8 Å². The van der Waals surface area contributed by atoms with Crippen molar-refractivity contribution in [3.05, 3.63) is 20.1 Å². The monoisotopic (exact) mass is 439 g/mol. The van der Waals surface area contributed by atoms with E-state index < -0.39 is 17.8 Å². The highest BCUT2D eigenvalue weighted by Crippen LogP contribution is 2.30. The molecule has 1 rings (SSSR count). The molecule has 0 radical (unpaired) electrons. The van der Waals surface area contributed by atoms with Crippen molar-refractivity contribution in [2.75, 3.05) is 12.4 Å². The van der Waals surface area contributed by atoms with Gasteiger partial charge in [-0.1, -0.05) is 32.4 Å². The molecule has 1 aromatic heterocycles. The minimum absolute atomic E-state index is 0.00871. The number of carbonyl (C=O) groups is 1. The van der Waals surface area contributed by atoms with E-state index in [0.29, 0.717) is 0 Å². The Morgan fingerprint density at radius 1 is 1.59 bits per heavy atom. The van der Waals surface area contributed by atoms with Gasteiger partial charge in [0.15, 0.2) is 16.8 Å². The van der Waals surface area contributed by atoms with Crippen LogP contribution < -0.4 is 5.32 Å². The van der Waals surface area contributed by atoms with Gasteiger partial charge < -0.3 is 10.1 Å². The summed E-state index contributed by atoms with van der Waals surface area (Å²) in [5, 5.41) is 11.8. The fourth-order valence-electron chi connectivity index (χ4n) is 1.69. The van der Waals surface area contributed by atoms with Crippen molar-refractivity contribution in [3.8, 4) is 6.07 Å². The number of anilines is 1. The van der Waals surface area contributed by atoms with E-state index in [1.165, 1.54) is 7.11 Å². The van der Waals surface area contributed by atoms with E-state index in [-0.39, 0.29) is 31.9 Å². The zero-order valence-corrected chi connectivity index (χ0v) is 15.5. The van der Waals surface area contributed by atoms with Gasteiger partial charge in [0.25, 0.3) is 0 Å². The van der Waals surface area contributed by atoms with Crippen molar-refractivity contribution in [2.24, 2.45) is 5.41 Å². The van der Waals surface area contributed by atoms with Crippen molar-refractivity contribution in [3.63, 3.8) is 0 Å². The van der Waals surface area contributed by atoms with Gasteiger partial charge in [-0.2, -0.15) is 5.26 Å². The number of pyridine rings is 1. The summed E-state index contributed by atoms with van der Waals surface area (Å²) in [6.45, 7) is 5.71. The third kappa shape index (κ3) is 4.43. The number of hydrogen-bond acceptors (Lipinski definition) is 5. The van der Waals surface area contributed by atoms with Gasteiger partial charge in [-0.3, -0.25) is 4.79 Å². The fraction of sp³-hybridized carbons (Fsp3) is 0.500. The molecule has 0 fully saturated rings. The number of halogens is 3. The van der Waals surface area contributed by atoms with Crippen molar-refractivity contribution in [2.45, 2.75) is 33.2 Å². The molecule has 0 aromatic carbocycles. The van der Waals surface area contributed by atoms with Crippen LogP contribution in [0.15, 0.2) is 0 Å². The quantitative estimate of drug-likeness (QED) is 0.439. The average molecular weight is 440 g/mol. The van der Waals surface area contributed by atoms with Crippen molar-refractivity contribution in [1.82, 2.24) is 4.98 Å². The van der Waals surface area contributed by atoms with E-state index in [9.17, 15) is 9.18 Å². The molecule has 1 heterocycles. The van der Waals surface area contributed by atoms with Gasteiger partial charge in [-0.05, 0) is 28.0 Å². The van der Waals surface area contributed by atoms with E-state index in [0.717, 1.165) is 0 Å². The topological polar surface area (TPSA) is 75.0 Å². The molecule has 1 aromatic rings. The molecular formula is C14H16ClFIN3O2. The lowest BCUT2D eigenvalue weighted by molar-refractivity contribution is -0.141. The van der Waals surface area contributed by atoms with Crippen LogP contribution in [0.2, 0.25) is 5.15 Å². The zero-order valence-electron chi connectivity index (χ0n) is 12.6. The number of nitrogens with zero attached hydrogens (tertiary/aromatic N) is 2. The molecule has 120 valence electrons. The lowest BCUT2D eigenvalue weighted by Gasteiger charge is -2.31. The van der Waals surface area contributed by atoms with Gasteiger partial charge in [0.1, 0.15) is 11.6 Å². The molecule has 8 heteroatoms. The molecule has 0 aliphatic carbocycles. The summed E-state index contributed by atoms with van der Waals surface area (Å²) in [5.41, 5.74) is -0.362. The highest BCUT2D eigenvalue weighted by molar-refractivity contribution is 14.1. The smallest absolute Gasteiger partial charge is 0.307 e. The third-order valence-corrected chi connectivity index (χ3v) is 4.39. The molecule has 0 saturated heterocycles. The molecule has 1 unspecified atom stereocenters. The number of ether oxygens (including phenoxy) is 1. The number of aromatic nitrogens is 1. The first-order chi connectivity index (χ1) is 10.1. The van der Waals surface area contributed by atoms with Gasteiger partial charge in [-0.25, -0.2) is 9.37 Å². The number of esters is 1. The molecule has 5 nitrogen and oxygen atoms in total. The van der Waals surface area contributed by atoms with Crippen LogP contribution in [0.4, 0.5) is 10.2 Å². The van der Waals surface area contributed by atoms with Crippen LogP contribution in [0, 0.1) is 26.1 Å². The molecule has 0 aliphatic heterocycles. The first-order valence-electron chi connectivity index (χ1n) is 6.39. The second kappa shape index (κ2) is 7.42. The Kier molecular flexibility index (Phi) is 6.38. The fourth-order valence-corrected chi connectivity index (χ4v) is 2.70. The van der Waals surface area contributed by atoms with Gasteiger partial charge >= 0.3 is 5.97 Å². The summed E-state index contributed by atoms with van der Waals surface area (Å²) in [5.74, 6) is -1.17. The highest BCUT2D eigenvalue weighted by atomic mass is 127. The van der Waals surface area contributed by atoms with Crippen molar-refractivity contribution < 1.29 is 13.9 Å². The lowest BCUT2D eigenvalue weighted by Crippen LogP contribution is -2.37. The average Bonchev–Trinajstić information content (AvgIpc) is 2.42. The number of rotatable bonds is 4. The van der Waals surface area contributed by atoms with Crippen molar-refractivity contribution >= 4 is 46.0 Å². The van der Waals surface area contributed by atoms with Crippen LogP contribution in [0.25, 0.3) is 0 Å². The molecule has 0 spiro atoms. The number of nitriles is 1. The standard InChI is InChI=1S/C14H16ClFIN3O2/c1-14(2,3)8(5-9(21)22-4)19-13-10(16)11(17)7(6-18)12(15)20-13/h8H,5H2,1-4H3,(H,19,20). The number of carbonyl (C=O) groups excluding carboxylic acids is 1. The molecule has 0 saturated carbocycles. The van der Waals surface area contributed by atoms with Gasteiger partial charge in [0, 0.05) is 6.04 Å². The Labute approximate surface area is 147 Å². The van der Waals surface area contributed by atoms with Crippen LogP contribution >= 0.6 is 34.2 Å². The van der Waals surface area contributed by atoms with Crippen LogP contribution in [0.5, 0.6) is 0 Å². The van der Waals surface area contributed by atoms with Gasteiger partial charge in [-0.15, -0.1) is 0 Å². The normalized spacial score (nSPS) is 12.5. The molecule has 22 heavy (non-hydrogen) atoms. The summed E-state index contributed by atoms with van der Waals surface area (Å²) in [7, 11) is 1.29. The minimum atomic E-state index is -0.666. The van der Waals surface area contributed by atoms with Crippen molar-refractivity contribution in [1.29, 1.82) is 5.26 Å². The predicted molar refractivity (Wildman–Crippen MR) is 90.1 cm³/mol. The summed E-state index contributed by atoms with van der Waals surface area (Å²) < 4.78 is 19.1. The molecule has 1 N–H and O–H groups in total. The SMILES string of the molecule is COC(=O)CC(Nc1nc(Cl)c(C#N)c(I)c1F)C(C)(C)C. The Bertz CT molecular complexity index is 626. The zero-order chi connectivity index (χ0) is 17.1. The second-order valence-electron chi connectivity index (χ2n) is 5.71. The van der Waals surface area contributed by atoms with Crippen LogP contribution in [-0.2, 0) is 9.53 Å². The molecule has 0 bridgehead atoms. The molecule has 0 amide bonds. The summed E-state index contributed by atoms with van der Waals surface area (Å²) in [6.07, 6.45) is 0.0509. The first-order valence-corrected chi connectivity index (χ1v) is 7.85. The Morgan fingerprint density at radius 3 is 2.64 bits per heavy atom. The molecule has 0 aliphatic rings. The largest absolute Gasteiger partial charge is 0.469 e. The van der Waals surface area contributed by atoms with E-state index in [4.69, 9.17) is 16.9 Å². The maximum absolute atomic E-state index is 14.3. The van der Waals surface area contributed by atoms with Gasteiger partial charge in [0.05, 0.1) is 17.1 Å². The third-order valence-electron chi connectivity index (χ3n) is 3.10. The lowest BCUT2D eigenvalue weighted by atomic mass is 9.84. The maximum atomic E-state index is 14.3. The predicted octanol–water partition coefficient (Wildman–Crippen LogP) is 3.74. The Hall–Kier alpha value is -1.14. The Morgan fingerprint density at radius 2 is 2.18 bits per heavy atom. The molecule has 1 atom stereocenters. The summed E-state index contributed by atoms with van der Waals surface area (Å²) in [6, 6.07) is 1.40. The Balaban J connectivity index is 3.20. The number of methoxy groups -OCH3 is 1. The first kappa shape index (κ1) is 18.9. The van der Waals surface area contributed by atoms with Crippen LogP contribution in [-0.4, -0.2) is 24.1 Å². The van der Waals surface area contributed by atoms with Gasteiger partial charge in [0.2, 0.25) is 0 Å². The number of nitrogens with one attached hydrogen (secondary N) is 1. The number of hydrogen-bond donors (Lipinski definition) is 1. The van der Waals surface area contributed by atoms with Crippen LogP contribution in [0.3, 0.4) is 0 Å². The van der Waals surface area contributed by atoms with E-state index in [1.807, 2.05) is 26.8 Å². The summed E-state index contributed by atoms with van der Waals surface area (Å²) in [4.78, 5) is 15.4. The highest BCUT2D eigenvalue weighted by Gasteiger charge is 2.29. The molecular weight excluding hydrogens is 424 g/mol.